The Hall–Kier alpha value is -2.51. The molecule has 0 aliphatic heterocycles. The zero-order chi connectivity index (χ0) is 14.8. The summed E-state index contributed by atoms with van der Waals surface area (Å²) in [5.41, 5.74) is -1.52. The molecule has 5 nitrogen and oxygen atoms in total. The average Bonchev–Trinajstić information content (AvgIpc) is 2.70. The standard InChI is InChI=1S/C12H10F3N3O2/c13-12(14,15)9-4-2-1-3-7(9)5-16-6-8-10(19)17-18-11(8)20/h1-4,6H,5H2,(H3,17,18,19,20). The minimum absolute atomic E-state index is 0.0114. The number of nitrogens with one attached hydrogen (secondary N) is 2. The minimum atomic E-state index is -4.46. The first-order valence-electron chi connectivity index (χ1n) is 5.54. The van der Waals surface area contributed by atoms with E-state index >= 15 is 0 Å². The molecule has 8 heteroatoms. The molecule has 0 aliphatic carbocycles. The summed E-state index contributed by atoms with van der Waals surface area (Å²) in [6, 6.07) is 5.03. The molecular weight excluding hydrogens is 275 g/mol. The van der Waals surface area contributed by atoms with Crippen molar-refractivity contribution in [3.8, 4) is 5.88 Å². The van der Waals surface area contributed by atoms with Crippen LogP contribution in [0.1, 0.15) is 16.7 Å². The summed E-state index contributed by atoms with van der Waals surface area (Å²) in [5, 5.41) is 13.5. The quantitative estimate of drug-likeness (QED) is 0.754. The Morgan fingerprint density at radius 1 is 1.25 bits per heavy atom. The van der Waals surface area contributed by atoms with Crippen molar-refractivity contribution in [2.24, 2.45) is 4.99 Å². The largest absolute Gasteiger partial charge is 0.493 e. The van der Waals surface area contributed by atoms with Crippen LogP contribution < -0.4 is 5.56 Å². The Bertz CT molecular complexity index is 686. The second-order valence-electron chi connectivity index (χ2n) is 3.97. The lowest BCUT2D eigenvalue weighted by atomic mass is 10.1. The number of aromatic hydroxyl groups is 1. The highest BCUT2D eigenvalue weighted by molar-refractivity contribution is 5.81. The van der Waals surface area contributed by atoms with Crippen molar-refractivity contribution >= 4 is 6.21 Å². The van der Waals surface area contributed by atoms with Gasteiger partial charge in [-0.3, -0.25) is 20.0 Å². The molecule has 1 aromatic carbocycles. The molecule has 0 aliphatic rings. The third-order valence-corrected chi connectivity index (χ3v) is 2.60. The Balaban J connectivity index is 2.22. The van der Waals surface area contributed by atoms with Crippen LogP contribution in [0, 0.1) is 0 Å². The summed E-state index contributed by atoms with van der Waals surface area (Å²) >= 11 is 0. The van der Waals surface area contributed by atoms with Gasteiger partial charge in [-0.15, -0.1) is 0 Å². The molecule has 2 rings (SSSR count). The number of benzene rings is 1. The Kier molecular flexibility index (Phi) is 3.64. The summed E-state index contributed by atoms with van der Waals surface area (Å²) in [7, 11) is 0. The molecule has 3 N–H and O–H groups in total. The first-order valence-corrected chi connectivity index (χ1v) is 5.54. The molecule has 0 saturated heterocycles. The van der Waals surface area contributed by atoms with Crippen LogP contribution in [0.4, 0.5) is 13.2 Å². The number of aromatic nitrogens is 2. The number of aliphatic imine (C=N–C) groups is 1. The van der Waals surface area contributed by atoms with E-state index in [9.17, 15) is 23.1 Å². The van der Waals surface area contributed by atoms with Gasteiger partial charge in [0, 0.05) is 6.21 Å². The van der Waals surface area contributed by atoms with Gasteiger partial charge in [-0.2, -0.15) is 13.2 Å². The molecule has 0 atom stereocenters. The second-order valence-corrected chi connectivity index (χ2v) is 3.97. The number of rotatable bonds is 3. The van der Waals surface area contributed by atoms with Crippen LogP contribution in [0.5, 0.6) is 5.88 Å². The SMILES string of the molecule is O=c1[nH][nH]c(O)c1C=NCc1ccccc1C(F)(F)F. The number of halogens is 3. The maximum absolute atomic E-state index is 12.7. The van der Waals surface area contributed by atoms with Crippen LogP contribution in [0.25, 0.3) is 0 Å². The normalized spacial score (nSPS) is 12.2. The summed E-state index contributed by atoms with van der Waals surface area (Å²) in [6.45, 7) is -0.250. The van der Waals surface area contributed by atoms with E-state index in [-0.39, 0.29) is 17.7 Å². The van der Waals surface area contributed by atoms with Crippen LogP contribution in [0.2, 0.25) is 0 Å². The highest BCUT2D eigenvalue weighted by Gasteiger charge is 2.32. The molecule has 1 heterocycles. The number of H-pyrrole nitrogens is 2. The predicted octanol–water partition coefficient (Wildman–Crippen LogP) is 2.05. The van der Waals surface area contributed by atoms with E-state index < -0.39 is 23.2 Å². The first kappa shape index (κ1) is 13.9. The van der Waals surface area contributed by atoms with Crippen molar-refractivity contribution in [3.63, 3.8) is 0 Å². The number of nitrogens with zero attached hydrogens (tertiary/aromatic N) is 1. The van der Waals surface area contributed by atoms with Gasteiger partial charge in [-0.1, -0.05) is 18.2 Å². The van der Waals surface area contributed by atoms with Gasteiger partial charge in [0.2, 0.25) is 5.88 Å². The zero-order valence-corrected chi connectivity index (χ0v) is 10.0. The number of alkyl halides is 3. The zero-order valence-electron chi connectivity index (χ0n) is 10.0. The first-order chi connectivity index (χ1) is 9.39. The maximum Gasteiger partial charge on any atom is 0.416 e. The average molecular weight is 285 g/mol. The lowest BCUT2D eigenvalue weighted by Gasteiger charge is -2.10. The molecular formula is C12H10F3N3O2. The van der Waals surface area contributed by atoms with Crippen LogP contribution in [-0.4, -0.2) is 21.5 Å². The van der Waals surface area contributed by atoms with Crippen LogP contribution >= 0.6 is 0 Å². The van der Waals surface area contributed by atoms with Crippen molar-refractivity contribution in [3.05, 3.63) is 51.3 Å². The van der Waals surface area contributed by atoms with Crippen molar-refractivity contribution < 1.29 is 18.3 Å². The number of hydrogen-bond donors (Lipinski definition) is 3. The van der Waals surface area contributed by atoms with Crippen molar-refractivity contribution in [2.45, 2.75) is 12.7 Å². The summed E-state index contributed by atoms with van der Waals surface area (Å²) in [6.07, 6.45) is -3.43. The van der Waals surface area contributed by atoms with Crippen molar-refractivity contribution in [2.75, 3.05) is 0 Å². The molecule has 20 heavy (non-hydrogen) atoms. The van der Waals surface area contributed by atoms with E-state index in [1.807, 2.05) is 0 Å². The van der Waals surface area contributed by atoms with Gasteiger partial charge < -0.3 is 5.11 Å². The molecule has 2 aromatic rings. The highest BCUT2D eigenvalue weighted by atomic mass is 19.4. The van der Waals surface area contributed by atoms with E-state index in [0.717, 1.165) is 12.3 Å². The molecule has 0 unspecified atom stereocenters. The van der Waals surface area contributed by atoms with Crippen LogP contribution in [0.3, 0.4) is 0 Å². The summed E-state index contributed by atoms with van der Waals surface area (Å²) in [4.78, 5) is 14.9. The third kappa shape index (κ3) is 2.90. The lowest BCUT2D eigenvalue weighted by Crippen LogP contribution is -2.09. The monoisotopic (exact) mass is 285 g/mol. The Morgan fingerprint density at radius 3 is 2.55 bits per heavy atom. The van der Waals surface area contributed by atoms with Crippen LogP contribution in [0.15, 0.2) is 34.1 Å². The number of aromatic amines is 2. The van der Waals surface area contributed by atoms with Gasteiger partial charge in [0.25, 0.3) is 5.56 Å². The van der Waals surface area contributed by atoms with E-state index in [0.29, 0.717) is 0 Å². The molecule has 1 aromatic heterocycles. The molecule has 106 valence electrons. The predicted molar refractivity (Wildman–Crippen MR) is 65.8 cm³/mol. The third-order valence-electron chi connectivity index (χ3n) is 2.60. The van der Waals surface area contributed by atoms with Gasteiger partial charge in [0.1, 0.15) is 5.56 Å². The van der Waals surface area contributed by atoms with Crippen LogP contribution in [-0.2, 0) is 12.7 Å². The van der Waals surface area contributed by atoms with Gasteiger partial charge in [-0.25, -0.2) is 0 Å². The summed E-state index contributed by atoms with van der Waals surface area (Å²) < 4.78 is 38.2. The van der Waals surface area contributed by atoms with Gasteiger partial charge in [0.15, 0.2) is 0 Å². The smallest absolute Gasteiger partial charge is 0.416 e. The Labute approximate surface area is 110 Å². The van der Waals surface area contributed by atoms with Gasteiger partial charge in [0.05, 0.1) is 12.1 Å². The fourth-order valence-corrected chi connectivity index (χ4v) is 1.65. The fraction of sp³-hybridized carbons (Fsp3) is 0.167. The van der Waals surface area contributed by atoms with Gasteiger partial charge >= 0.3 is 6.18 Å². The molecule has 0 bridgehead atoms. The minimum Gasteiger partial charge on any atom is -0.493 e. The Morgan fingerprint density at radius 2 is 1.95 bits per heavy atom. The van der Waals surface area contributed by atoms with Crippen molar-refractivity contribution in [1.29, 1.82) is 0 Å². The van der Waals surface area contributed by atoms with Crippen molar-refractivity contribution in [1.82, 2.24) is 10.2 Å². The van der Waals surface area contributed by atoms with E-state index in [1.54, 1.807) is 0 Å². The molecule has 0 radical (unpaired) electrons. The molecule has 0 amide bonds. The fourth-order valence-electron chi connectivity index (χ4n) is 1.65. The molecule has 0 spiro atoms. The lowest BCUT2D eigenvalue weighted by molar-refractivity contribution is -0.138. The maximum atomic E-state index is 12.7. The van der Waals surface area contributed by atoms with E-state index in [1.165, 1.54) is 18.2 Å². The summed E-state index contributed by atoms with van der Waals surface area (Å²) in [5.74, 6) is -0.414. The topological polar surface area (TPSA) is 81.2 Å². The molecule has 0 fully saturated rings. The number of hydrogen-bond acceptors (Lipinski definition) is 3. The molecule has 0 saturated carbocycles. The van der Waals surface area contributed by atoms with Gasteiger partial charge in [-0.05, 0) is 11.6 Å². The second kappa shape index (κ2) is 5.24. The highest BCUT2D eigenvalue weighted by Crippen LogP contribution is 2.32. The van der Waals surface area contributed by atoms with E-state index in [4.69, 9.17) is 0 Å². The van der Waals surface area contributed by atoms with E-state index in [2.05, 4.69) is 15.2 Å².